The van der Waals surface area contributed by atoms with Crippen LogP contribution >= 0.6 is 0 Å². The molecule has 1 aromatic carbocycles. The highest BCUT2D eigenvalue weighted by Gasteiger charge is 2.14. The van der Waals surface area contributed by atoms with Crippen molar-refractivity contribution in [1.82, 2.24) is 15.2 Å². The summed E-state index contributed by atoms with van der Waals surface area (Å²) in [5.74, 6) is 2.28. The Hall–Kier alpha value is -2.37. The highest BCUT2D eigenvalue weighted by Crippen LogP contribution is 2.20. The summed E-state index contributed by atoms with van der Waals surface area (Å²) in [7, 11) is 0. The lowest BCUT2D eigenvalue weighted by Crippen LogP contribution is -2.31. The molecule has 0 radical (unpaired) electrons. The number of hydrogen-bond acceptors (Lipinski definition) is 6. The first-order valence-electron chi connectivity index (χ1n) is 7.80. The zero-order chi connectivity index (χ0) is 15.2. The van der Waals surface area contributed by atoms with Crippen LogP contribution in [0.3, 0.4) is 0 Å². The van der Waals surface area contributed by atoms with Gasteiger partial charge in [0.1, 0.15) is 5.75 Å². The molecular weight excluding hydrogens is 278 g/mol. The fraction of sp³-hybridized carbons (Fsp3) is 0.438. The van der Waals surface area contributed by atoms with Crippen LogP contribution in [0.1, 0.15) is 26.2 Å². The summed E-state index contributed by atoms with van der Waals surface area (Å²) in [6, 6.07) is 7.80. The molecule has 1 aliphatic heterocycles. The van der Waals surface area contributed by atoms with Crippen LogP contribution in [0, 0.1) is 0 Å². The summed E-state index contributed by atoms with van der Waals surface area (Å²) in [6.45, 7) is 4.66. The van der Waals surface area contributed by atoms with Crippen molar-refractivity contribution in [3.8, 4) is 5.75 Å². The Bertz CT molecular complexity index is 596. The molecule has 1 fully saturated rings. The van der Waals surface area contributed by atoms with Gasteiger partial charge in [-0.1, -0.05) is 0 Å². The third-order valence-corrected chi connectivity index (χ3v) is 3.62. The highest BCUT2D eigenvalue weighted by atomic mass is 16.5. The topological polar surface area (TPSA) is 63.2 Å². The van der Waals surface area contributed by atoms with Crippen LogP contribution in [-0.2, 0) is 0 Å². The van der Waals surface area contributed by atoms with Gasteiger partial charge in [-0.05, 0) is 50.5 Å². The SMILES string of the molecule is CCOc1ccc(Nc2cnnc(N3CCCCC3)n2)cc1. The van der Waals surface area contributed by atoms with Crippen molar-refractivity contribution in [3.05, 3.63) is 30.5 Å². The summed E-state index contributed by atoms with van der Waals surface area (Å²) < 4.78 is 5.44. The first-order valence-corrected chi connectivity index (χ1v) is 7.80. The average molecular weight is 299 g/mol. The van der Waals surface area contributed by atoms with Gasteiger partial charge >= 0.3 is 0 Å². The van der Waals surface area contributed by atoms with Gasteiger partial charge in [-0.25, -0.2) is 0 Å². The second-order valence-corrected chi connectivity index (χ2v) is 5.27. The van der Waals surface area contributed by atoms with Crippen molar-refractivity contribution in [2.75, 3.05) is 29.9 Å². The average Bonchev–Trinajstić information content (AvgIpc) is 2.58. The number of nitrogens with one attached hydrogen (secondary N) is 1. The molecule has 22 heavy (non-hydrogen) atoms. The van der Waals surface area contributed by atoms with Gasteiger partial charge in [0.2, 0.25) is 5.95 Å². The van der Waals surface area contributed by atoms with E-state index in [0.717, 1.165) is 24.5 Å². The van der Waals surface area contributed by atoms with E-state index in [9.17, 15) is 0 Å². The van der Waals surface area contributed by atoms with Crippen molar-refractivity contribution in [1.29, 1.82) is 0 Å². The largest absolute Gasteiger partial charge is 0.494 e. The molecule has 1 aromatic heterocycles. The van der Waals surface area contributed by atoms with E-state index < -0.39 is 0 Å². The Labute approximate surface area is 130 Å². The van der Waals surface area contributed by atoms with Crippen LogP contribution in [-0.4, -0.2) is 34.9 Å². The van der Waals surface area contributed by atoms with Gasteiger partial charge in [0, 0.05) is 18.8 Å². The molecule has 1 N–H and O–H groups in total. The van der Waals surface area contributed by atoms with Crippen molar-refractivity contribution in [2.45, 2.75) is 26.2 Å². The first-order chi connectivity index (χ1) is 10.8. The number of nitrogens with zero attached hydrogens (tertiary/aromatic N) is 4. The van der Waals surface area contributed by atoms with E-state index in [1.807, 2.05) is 31.2 Å². The van der Waals surface area contributed by atoms with Gasteiger partial charge in [-0.15, -0.1) is 5.10 Å². The maximum atomic E-state index is 5.44. The number of anilines is 3. The maximum absolute atomic E-state index is 5.44. The Balaban J connectivity index is 1.69. The van der Waals surface area contributed by atoms with Crippen molar-refractivity contribution in [2.24, 2.45) is 0 Å². The quantitative estimate of drug-likeness (QED) is 0.915. The second-order valence-electron chi connectivity index (χ2n) is 5.27. The Morgan fingerprint density at radius 1 is 1.14 bits per heavy atom. The molecule has 0 atom stereocenters. The number of ether oxygens (including phenoxy) is 1. The standard InChI is InChI=1S/C16H21N5O/c1-2-22-14-8-6-13(7-9-14)18-15-12-17-20-16(19-15)21-10-4-3-5-11-21/h6-9,12H,2-5,10-11H2,1H3,(H,18,19,20). The Morgan fingerprint density at radius 2 is 1.91 bits per heavy atom. The molecule has 0 unspecified atom stereocenters. The molecule has 0 aliphatic carbocycles. The van der Waals surface area contributed by atoms with E-state index >= 15 is 0 Å². The van der Waals surface area contributed by atoms with Crippen molar-refractivity contribution >= 4 is 17.5 Å². The molecule has 6 heteroatoms. The summed E-state index contributed by atoms with van der Waals surface area (Å²) in [4.78, 5) is 6.75. The van der Waals surface area contributed by atoms with Crippen LogP contribution in [0.4, 0.5) is 17.5 Å². The molecule has 116 valence electrons. The minimum Gasteiger partial charge on any atom is -0.494 e. The molecule has 1 aliphatic rings. The second kappa shape index (κ2) is 7.06. The molecule has 3 rings (SSSR count). The van der Waals surface area contributed by atoms with Gasteiger partial charge in [-0.2, -0.15) is 10.1 Å². The summed E-state index contributed by atoms with van der Waals surface area (Å²) in [6.07, 6.45) is 5.32. The van der Waals surface area contributed by atoms with E-state index in [1.165, 1.54) is 19.3 Å². The van der Waals surface area contributed by atoms with Crippen LogP contribution < -0.4 is 15.0 Å². The normalized spacial score (nSPS) is 14.7. The highest BCUT2D eigenvalue weighted by molar-refractivity contribution is 5.57. The van der Waals surface area contributed by atoms with Crippen LogP contribution in [0.15, 0.2) is 30.5 Å². The lowest BCUT2D eigenvalue weighted by molar-refractivity contribution is 0.340. The van der Waals surface area contributed by atoms with E-state index in [0.29, 0.717) is 18.4 Å². The first kappa shape index (κ1) is 14.6. The predicted molar refractivity (Wildman–Crippen MR) is 86.8 cm³/mol. The number of rotatable bonds is 5. The maximum Gasteiger partial charge on any atom is 0.247 e. The fourth-order valence-corrected chi connectivity index (χ4v) is 2.53. The van der Waals surface area contributed by atoms with Crippen LogP contribution in [0.2, 0.25) is 0 Å². The lowest BCUT2D eigenvalue weighted by atomic mass is 10.1. The lowest BCUT2D eigenvalue weighted by Gasteiger charge is -2.26. The third kappa shape index (κ3) is 3.63. The number of benzene rings is 1. The van der Waals surface area contributed by atoms with Crippen molar-refractivity contribution < 1.29 is 4.74 Å². The zero-order valence-corrected chi connectivity index (χ0v) is 12.8. The number of hydrogen-bond donors (Lipinski definition) is 1. The monoisotopic (exact) mass is 299 g/mol. The number of piperidine rings is 1. The molecule has 1 saturated heterocycles. The van der Waals surface area contributed by atoms with E-state index in [4.69, 9.17) is 4.74 Å². The van der Waals surface area contributed by atoms with Crippen LogP contribution in [0.5, 0.6) is 5.75 Å². The molecule has 0 amide bonds. The molecular formula is C16H21N5O. The molecule has 0 spiro atoms. The van der Waals surface area contributed by atoms with E-state index in [-0.39, 0.29) is 0 Å². The summed E-state index contributed by atoms with van der Waals surface area (Å²) in [5.41, 5.74) is 0.952. The molecule has 0 saturated carbocycles. The summed E-state index contributed by atoms with van der Waals surface area (Å²) in [5, 5.41) is 11.5. The summed E-state index contributed by atoms with van der Waals surface area (Å²) >= 11 is 0. The smallest absolute Gasteiger partial charge is 0.247 e. The minimum absolute atomic E-state index is 0.668. The molecule has 0 bridgehead atoms. The molecule has 2 aromatic rings. The molecule has 2 heterocycles. The predicted octanol–water partition coefficient (Wildman–Crippen LogP) is 3.00. The van der Waals surface area contributed by atoms with E-state index in [2.05, 4.69) is 25.4 Å². The fourth-order valence-electron chi connectivity index (χ4n) is 2.53. The van der Waals surface area contributed by atoms with E-state index in [1.54, 1.807) is 6.20 Å². The van der Waals surface area contributed by atoms with Gasteiger partial charge in [0.05, 0.1) is 12.8 Å². The number of aromatic nitrogens is 3. The Kier molecular flexibility index (Phi) is 4.68. The Morgan fingerprint density at radius 3 is 2.64 bits per heavy atom. The third-order valence-electron chi connectivity index (χ3n) is 3.62. The van der Waals surface area contributed by atoms with Crippen molar-refractivity contribution in [3.63, 3.8) is 0 Å². The van der Waals surface area contributed by atoms with Gasteiger partial charge < -0.3 is 15.0 Å². The van der Waals surface area contributed by atoms with Crippen LogP contribution in [0.25, 0.3) is 0 Å². The van der Waals surface area contributed by atoms with Gasteiger partial charge in [-0.3, -0.25) is 0 Å². The minimum atomic E-state index is 0.668. The zero-order valence-electron chi connectivity index (χ0n) is 12.8. The van der Waals surface area contributed by atoms with Gasteiger partial charge in [0.15, 0.2) is 5.82 Å². The molecule has 6 nitrogen and oxygen atoms in total. The van der Waals surface area contributed by atoms with Gasteiger partial charge in [0.25, 0.3) is 0 Å².